The number of aryl methyl sites for hydroxylation is 1. The minimum atomic E-state index is -0.153. The molecule has 1 N–H and O–H groups in total. The summed E-state index contributed by atoms with van der Waals surface area (Å²) < 4.78 is 1.65. The van der Waals surface area contributed by atoms with E-state index >= 15 is 0 Å². The molecule has 0 saturated carbocycles. The lowest BCUT2D eigenvalue weighted by Crippen LogP contribution is -2.28. The summed E-state index contributed by atoms with van der Waals surface area (Å²) in [7, 11) is 1.80. The zero-order valence-corrected chi connectivity index (χ0v) is 9.86. The van der Waals surface area contributed by atoms with Gasteiger partial charge in [-0.25, -0.2) is 4.98 Å². The lowest BCUT2D eigenvalue weighted by molar-refractivity contribution is 0.0938. The molecule has 0 aliphatic rings. The van der Waals surface area contributed by atoms with Crippen LogP contribution in [0.4, 0.5) is 0 Å². The summed E-state index contributed by atoms with van der Waals surface area (Å²) >= 11 is 1.50. The highest BCUT2D eigenvalue weighted by atomic mass is 32.1. The average molecular weight is 236 g/mol. The predicted molar refractivity (Wildman–Crippen MR) is 61.2 cm³/mol. The second kappa shape index (κ2) is 4.44. The van der Waals surface area contributed by atoms with Gasteiger partial charge in [-0.15, -0.1) is 0 Å². The van der Waals surface area contributed by atoms with Crippen molar-refractivity contribution in [2.45, 2.75) is 13.0 Å². The number of rotatable bonds is 3. The fourth-order valence-corrected chi connectivity index (χ4v) is 2.07. The van der Waals surface area contributed by atoms with Gasteiger partial charge in [-0.3, -0.25) is 9.48 Å². The van der Waals surface area contributed by atoms with Crippen molar-refractivity contribution in [3.05, 3.63) is 34.5 Å². The van der Waals surface area contributed by atoms with Crippen LogP contribution in [0.25, 0.3) is 0 Å². The second-order valence-corrected chi connectivity index (χ2v) is 4.23. The summed E-state index contributed by atoms with van der Waals surface area (Å²) in [6.07, 6.45) is 1.47. The van der Waals surface area contributed by atoms with Crippen LogP contribution in [0.2, 0.25) is 0 Å². The van der Waals surface area contributed by atoms with E-state index in [0.717, 1.165) is 5.82 Å². The highest BCUT2D eigenvalue weighted by molar-refractivity contribution is 7.08. The number of nitrogens with zero attached hydrogens (tertiary/aromatic N) is 3. The molecule has 0 aromatic carbocycles. The standard InChI is InChI=1S/C10H12N4OS/c1-7(9-11-6-12-14(9)2)13-10(15)8-3-4-16-5-8/h3-7H,1-2H3,(H,13,15). The summed E-state index contributed by atoms with van der Waals surface area (Å²) in [6, 6.07) is 1.64. The van der Waals surface area contributed by atoms with Crippen LogP contribution in [0.3, 0.4) is 0 Å². The van der Waals surface area contributed by atoms with Crippen LogP contribution >= 0.6 is 11.3 Å². The smallest absolute Gasteiger partial charge is 0.252 e. The number of thiophene rings is 1. The van der Waals surface area contributed by atoms with Crippen LogP contribution in [0.15, 0.2) is 23.2 Å². The number of hydrogen-bond acceptors (Lipinski definition) is 4. The van der Waals surface area contributed by atoms with Gasteiger partial charge in [-0.1, -0.05) is 0 Å². The van der Waals surface area contributed by atoms with Crippen molar-refractivity contribution in [3.63, 3.8) is 0 Å². The largest absolute Gasteiger partial charge is 0.342 e. The summed E-state index contributed by atoms with van der Waals surface area (Å²) in [5.74, 6) is 0.653. The molecule has 0 saturated heterocycles. The summed E-state index contributed by atoms with van der Waals surface area (Å²) in [4.78, 5) is 15.9. The van der Waals surface area contributed by atoms with Gasteiger partial charge in [0.2, 0.25) is 0 Å². The Bertz CT molecular complexity index is 477. The number of hydrogen-bond donors (Lipinski definition) is 1. The molecule has 0 bridgehead atoms. The minimum Gasteiger partial charge on any atom is -0.342 e. The summed E-state index contributed by atoms with van der Waals surface area (Å²) in [5, 5.41) is 10.5. The maximum absolute atomic E-state index is 11.8. The number of nitrogens with one attached hydrogen (secondary N) is 1. The maximum Gasteiger partial charge on any atom is 0.252 e. The first kappa shape index (κ1) is 10.8. The van der Waals surface area contributed by atoms with E-state index in [9.17, 15) is 4.79 Å². The van der Waals surface area contributed by atoms with Crippen molar-refractivity contribution in [2.75, 3.05) is 0 Å². The molecule has 2 aromatic heterocycles. The van der Waals surface area contributed by atoms with Crippen LogP contribution in [0.1, 0.15) is 29.1 Å². The molecular weight excluding hydrogens is 224 g/mol. The van der Waals surface area contributed by atoms with Gasteiger partial charge in [-0.2, -0.15) is 16.4 Å². The molecule has 1 amide bonds. The molecule has 16 heavy (non-hydrogen) atoms. The Morgan fingerprint density at radius 3 is 3.00 bits per heavy atom. The van der Waals surface area contributed by atoms with Crippen LogP contribution in [-0.4, -0.2) is 20.7 Å². The number of carbonyl (C=O) groups excluding carboxylic acids is 1. The van der Waals surface area contributed by atoms with Gasteiger partial charge < -0.3 is 5.32 Å². The zero-order chi connectivity index (χ0) is 11.5. The highest BCUT2D eigenvalue weighted by Crippen LogP contribution is 2.10. The van der Waals surface area contributed by atoms with Crippen LogP contribution < -0.4 is 5.32 Å². The second-order valence-electron chi connectivity index (χ2n) is 3.45. The molecule has 2 heterocycles. The van der Waals surface area contributed by atoms with Gasteiger partial charge in [0, 0.05) is 12.4 Å². The number of aromatic nitrogens is 3. The molecule has 84 valence electrons. The van der Waals surface area contributed by atoms with Crippen LogP contribution in [-0.2, 0) is 7.05 Å². The molecule has 0 aliphatic carbocycles. The first-order valence-electron chi connectivity index (χ1n) is 4.85. The van der Waals surface area contributed by atoms with Crippen molar-refractivity contribution < 1.29 is 4.79 Å². The predicted octanol–water partition coefficient (Wildman–Crippen LogP) is 1.37. The molecule has 0 spiro atoms. The Hall–Kier alpha value is -1.69. The van der Waals surface area contributed by atoms with Crippen molar-refractivity contribution in [3.8, 4) is 0 Å². The lowest BCUT2D eigenvalue weighted by atomic mass is 10.2. The van der Waals surface area contributed by atoms with Gasteiger partial charge >= 0.3 is 0 Å². The monoisotopic (exact) mass is 236 g/mol. The van der Waals surface area contributed by atoms with Crippen molar-refractivity contribution in [1.82, 2.24) is 20.1 Å². The third kappa shape index (κ3) is 2.11. The normalized spacial score (nSPS) is 12.4. The van der Waals surface area contributed by atoms with Gasteiger partial charge in [0.15, 0.2) is 0 Å². The van der Waals surface area contributed by atoms with E-state index < -0.39 is 0 Å². The molecule has 5 nitrogen and oxygen atoms in total. The fraction of sp³-hybridized carbons (Fsp3) is 0.300. The first-order chi connectivity index (χ1) is 7.68. The minimum absolute atomic E-state index is 0.0863. The van der Waals surface area contributed by atoms with E-state index in [1.165, 1.54) is 17.7 Å². The SMILES string of the molecule is CC(NC(=O)c1ccsc1)c1ncnn1C. The van der Waals surface area contributed by atoms with Crippen LogP contribution in [0.5, 0.6) is 0 Å². The van der Waals surface area contributed by atoms with E-state index in [1.54, 1.807) is 17.8 Å². The van der Waals surface area contributed by atoms with E-state index in [2.05, 4.69) is 15.4 Å². The third-order valence-corrected chi connectivity index (χ3v) is 2.95. The Labute approximate surface area is 97.1 Å². The summed E-state index contributed by atoms with van der Waals surface area (Å²) in [6.45, 7) is 1.88. The zero-order valence-electron chi connectivity index (χ0n) is 9.04. The van der Waals surface area contributed by atoms with Gasteiger partial charge in [0.25, 0.3) is 5.91 Å². The molecule has 2 aromatic rings. The summed E-state index contributed by atoms with van der Waals surface area (Å²) in [5.41, 5.74) is 0.680. The highest BCUT2D eigenvalue weighted by Gasteiger charge is 2.15. The van der Waals surface area contributed by atoms with E-state index in [1.807, 2.05) is 17.7 Å². The maximum atomic E-state index is 11.8. The van der Waals surface area contributed by atoms with Crippen molar-refractivity contribution in [1.29, 1.82) is 0 Å². The Morgan fingerprint density at radius 2 is 2.44 bits per heavy atom. The molecule has 2 rings (SSSR count). The molecule has 1 atom stereocenters. The number of carbonyl (C=O) groups is 1. The Kier molecular flexibility index (Phi) is 3.00. The van der Waals surface area contributed by atoms with Gasteiger partial charge in [-0.05, 0) is 18.4 Å². The van der Waals surface area contributed by atoms with E-state index in [-0.39, 0.29) is 11.9 Å². The van der Waals surface area contributed by atoms with E-state index in [0.29, 0.717) is 5.56 Å². The average Bonchev–Trinajstić information content (AvgIpc) is 2.86. The Morgan fingerprint density at radius 1 is 1.62 bits per heavy atom. The van der Waals surface area contributed by atoms with Gasteiger partial charge in [0.05, 0.1) is 11.6 Å². The fourth-order valence-electron chi connectivity index (χ4n) is 1.44. The number of amides is 1. The quantitative estimate of drug-likeness (QED) is 0.875. The molecular formula is C10H12N4OS. The van der Waals surface area contributed by atoms with Crippen LogP contribution in [0, 0.1) is 0 Å². The first-order valence-corrected chi connectivity index (χ1v) is 5.79. The van der Waals surface area contributed by atoms with Crippen molar-refractivity contribution >= 4 is 17.2 Å². The molecule has 0 fully saturated rings. The molecule has 6 heteroatoms. The Balaban J connectivity index is 2.06. The van der Waals surface area contributed by atoms with Gasteiger partial charge in [0.1, 0.15) is 12.2 Å². The topological polar surface area (TPSA) is 59.8 Å². The van der Waals surface area contributed by atoms with Crippen molar-refractivity contribution in [2.24, 2.45) is 7.05 Å². The molecule has 0 radical (unpaired) electrons. The third-order valence-electron chi connectivity index (χ3n) is 2.26. The van der Waals surface area contributed by atoms with E-state index in [4.69, 9.17) is 0 Å². The molecule has 0 aliphatic heterocycles. The molecule has 1 unspecified atom stereocenters. The lowest BCUT2D eigenvalue weighted by Gasteiger charge is -2.12.